The number of fused-ring (bicyclic) bond motifs is 1. The number of hydrogen-bond donors (Lipinski definition) is 1. The van der Waals surface area contributed by atoms with Crippen LogP contribution < -0.4 is 10.1 Å². The molecule has 3 rings (SSSR count). The third-order valence-electron chi connectivity index (χ3n) is 3.00. The number of nitrogens with zero attached hydrogens (tertiary/aromatic N) is 2. The summed E-state index contributed by atoms with van der Waals surface area (Å²) in [4.78, 5) is 12.5. The Kier molecular flexibility index (Phi) is 3.23. The molecular formula is C13H9Cl2N3O2. The average Bonchev–Trinajstić information content (AvgIpc) is 2.89. The Morgan fingerprint density at radius 1 is 1.30 bits per heavy atom. The second kappa shape index (κ2) is 4.92. The van der Waals surface area contributed by atoms with Crippen LogP contribution in [0.2, 0.25) is 10.3 Å². The van der Waals surface area contributed by atoms with Crippen LogP contribution in [0.4, 0.5) is 5.69 Å². The van der Waals surface area contributed by atoms with Gasteiger partial charge in [0.15, 0.2) is 22.8 Å². The fourth-order valence-corrected chi connectivity index (χ4v) is 2.41. The lowest BCUT2D eigenvalue weighted by Crippen LogP contribution is -2.05. The van der Waals surface area contributed by atoms with Crippen LogP contribution in [0.25, 0.3) is 0 Å². The number of nitrogens with one attached hydrogen (secondary N) is 1. The largest absolute Gasteiger partial charge is 0.471 e. The Hall–Kier alpha value is -1.85. The lowest BCUT2D eigenvalue weighted by Gasteiger charge is -2.07. The van der Waals surface area contributed by atoms with Gasteiger partial charge in [-0.1, -0.05) is 23.2 Å². The van der Waals surface area contributed by atoms with E-state index in [9.17, 15) is 4.79 Å². The zero-order valence-electron chi connectivity index (χ0n) is 10.4. The second-order valence-corrected chi connectivity index (χ2v) is 5.08. The standard InChI is InChI=1S/C13H9Cl2N3O2/c1-6-2-7(3-9-11(6)16-5-20-9)12(19)8-4-10(14)17-18-13(8)15/h2-4,16H,5H2,1H3. The minimum Gasteiger partial charge on any atom is -0.471 e. The van der Waals surface area contributed by atoms with Gasteiger partial charge in [-0.3, -0.25) is 4.79 Å². The van der Waals surface area contributed by atoms with Gasteiger partial charge in [0.05, 0.1) is 11.3 Å². The monoisotopic (exact) mass is 309 g/mol. The second-order valence-electron chi connectivity index (χ2n) is 4.33. The fraction of sp³-hybridized carbons (Fsp3) is 0.154. The minimum atomic E-state index is -0.270. The van der Waals surface area contributed by atoms with E-state index >= 15 is 0 Å². The summed E-state index contributed by atoms with van der Waals surface area (Å²) in [7, 11) is 0. The van der Waals surface area contributed by atoms with Crippen molar-refractivity contribution in [2.24, 2.45) is 0 Å². The van der Waals surface area contributed by atoms with Crippen LogP contribution in [0.3, 0.4) is 0 Å². The van der Waals surface area contributed by atoms with Crippen LogP contribution in [-0.2, 0) is 0 Å². The van der Waals surface area contributed by atoms with E-state index in [1.807, 2.05) is 6.92 Å². The zero-order valence-corrected chi connectivity index (χ0v) is 11.9. The normalized spacial score (nSPS) is 12.6. The summed E-state index contributed by atoms with van der Waals surface area (Å²) in [5.74, 6) is 0.380. The maximum Gasteiger partial charge on any atom is 0.196 e. The Labute approximate surface area is 124 Å². The van der Waals surface area contributed by atoms with Gasteiger partial charge in [-0.15, -0.1) is 10.2 Å². The van der Waals surface area contributed by atoms with E-state index in [0.717, 1.165) is 11.3 Å². The molecule has 0 fully saturated rings. The first-order valence-corrected chi connectivity index (χ1v) is 6.56. The molecule has 2 heterocycles. The van der Waals surface area contributed by atoms with Crippen LogP contribution in [0.5, 0.6) is 5.75 Å². The van der Waals surface area contributed by atoms with E-state index in [0.29, 0.717) is 18.0 Å². The number of hydrogen-bond acceptors (Lipinski definition) is 5. The van der Waals surface area contributed by atoms with Gasteiger partial charge in [-0.05, 0) is 30.7 Å². The van der Waals surface area contributed by atoms with Gasteiger partial charge in [0.25, 0.3) is 0 Å². The summed E-state index contributed by atoms with van der Waals surface area (Å²) in [6.07, 6.45) is 0. The molecule has 1 aliphatic rings. The fourth-order valence-electron chi connectivity index (χ4n) is 2.08. The molecule has 2 aromatic rings. The first-order chi connectivity index (χ1) is 9.56. The van der Waals surface area contributed by atoms with E-state index in [-0.39, 0.29) is 21.7 Å². The third kappa shape index (κ3) is 2.19. The summed E-state index contributed by atoms with van der Waals surface area (Å²) < 4.78 is 5.41. The van der Waals surface area contributed by atoms with Crippen molar-refractivity contribution in [2.75, 3.05) is 12.0 Å². The van der Waals surface area contributed by atoms with Crippen molar-refractivity contribution in [1.82, 2.24) is 10.2 Å². The molecule has 0 radical (unpaired) electrons. The maximum absolute atomic E-state index is 12.5. The van der Waals surface area contributed by atoms with Crippen molar-refractivity contribution >= 4 is 34.7 Å². The quantitative estimate of drug-likeness (QED) is 0.864. The highest BCUT2D eigenvalue weighted by Gasteiger charge is 2.20. The number of benzene rings is 1. The lowest BCUT2D eigenvalue weighted by atomic mass is 10.0. The first-order valence-electron chi connectivity index (χ1n) is 5.81. The number of ketones is 1. The summed E-state index contributed by atoms with van der Waals surface area (Å²) in [5.41, 5.74) is 2.51. The van der Waals surface area contributed by atoms with Gasteiger partial charge in [0.2, 0.25) is 0 Å². The van der Waals surface area contributed by atoms with E-state index in [1.165, 1.54) is 6.07 Å². The molecule has 1 aliphatic heterocycles. The number of anilines is 1. The minimum absolute atomic E-state index is 0.0246. The maximum atomic E-state index is 12.5. The van der Waals surface area contributed by atoms with Crippen molar-refractivity contribution in [3.63, 3.8) is 0 Å². The molecule has 1 aromatic heterocycles. The Bertz CT molecular complexity index is 719. The van der Waals surface area contributed by atoms with Crippen LogP contribution in [0.1, 0.15) is 21.5 Å². The summed E-state index contributed by atoms with van der Waals surface area (Å²) in [6.45, 7) is 2.30. The number of ether oxygens (including phenoxy) is 1. The summed E-state index contributed by atoms with van der Waals surface area (Å²) in [5, 5.41) is 10.5. The Morgan fingerprint density at radius 2 is 2.10 bits per heavy atom. The smallest absolute Gasteiger partial charge is 0.196 e. The number of halogens is 2. The average molecular weight is 310 g/mol. The van der Waals surface area contributed by atoms with Crippen molar-refractivity contribution in [2.45, 2.75) is 6.92 Å². The van der Waals surface area contributed by atoms with Gasteiger partial charge in [0, 0.05) is 5.56 Å². The van der Waals surface area contributed by atoms with Gasteiger partial charge in [-0.25, -0.2) is 0 Å². The SMILES string of the molecule is Cc1cc(C(=O)c2cc(Cl)nnc2Cl)cc2c1NCO2. The summed E-state index contributed by atoms with van der Waals surface area (Å²) in [6, 6.07) is 4.85. The predicted molar refractivity (Wildman–Crippen MR) is 75.8 cm³/mol. The molecular weight excluding hydrogens is 301 g/mol. The molecule has 0 atom stereocenters. The number of aryl methyl sites for hydroxylation is 1. The molecule has 0 unspecified atom stereocenters. The van der Waals surface area contributed by atoms with Crippen LogP contribution >= 0.6 is 23.2 Å². The van der Waals surface area contributed by atoms with E-state index in [4.69, 9.17) is 27.9 Å². The van der Waals surface area contributed by atoms with E-state index in [2.05, 4.69) is 15.5 Å². The molecule has 0 saturated heterocycles. The molecule has 7 heteroatoms. The number of aromatic nitrogens is 2. The molecule has 20 heavy (non-hydrogen) atoms. The molecule has 102 valence electrons. The van der Waals surface area contributed by atoms with Crippen LogP contribution in [0.15, 0.2) is 18.2 Å². The molecule has 0 amide bonds. The molecule has 0 aliphatic carbocycles. The van der Waals surface area contributed by atoms with E-state index in [1.54, 1.807) is 12.1 Å². The highest BCUT2D eigenvalue weighted by atomic mass is 35.5. The van der Waals surface area contributed by atoms with Crippen molar-refractivity contribution in [3.8, 4) is 5.75 Å². The van der Waals surface area contributed by atoms with Gasteiger partial charge < -0.3 is 10.1 Å². The summed E-state index contributed by atoms with van der Waals surface area (Å²) >= 11 is 11.7. The van der Waals surface area contributed by atoms with E-state index < -0.39 is 0 Å². The number of carbonyl (C=O) groups excluding carboxylic acids is 1. The molecule has 0 saturated carbocycles. The molecule has 0 bridgehead atoms. The number of carbonyl (C=O) groups is 1. The first kappa shape index (κ1) is 13.1. The molecule has 1 N–H and O–H groups in total. The van der Waals surface area contributed by atoms with Gasteiger partial charge in [0.1, 0.15) is 5.75 Å². The van der Waals surface area contributed by atoms with Crippen molar-refractivity contribution < 1.29 is 9.53 Å². The highest BCUT2D eigenvalue weighted by Crippen LogP contribution is 2.34. The number of rotatable bonds is 2. The zero-order chi connectivity index (χ0) is 14.3. The topological polar surface area (TPSA) is 64.1 Å². The van der Waals surface area contributed by atoms with Gasteiger partial charge in [-0.2, -0.15) is 0 Å². The highest BCUT2D eigenvalue weighted by molar-refractivity contribution is 6.35. The van der Waals surface area contributed by atoms with Crippen LogP contribution in [-0.4, -0.2) is 22.7 Å². The van der Waals surface area contributed by atoms with Gasteiger partial charge >= 0.3 is 0 Å². The third-order valence-corrected chi connectivity index (χ3v) is 3.47. The lowest BCUT2D eigenvalue weighted by molar-refractivity contribution is 0.103. The van der Waals surface area contributed by atoms with Crippen molar-refractivity contribution in [3.05, 3.63) is 45.2 Å². The Morgan fingerprint density at radius 3 is 2.90 bits per heavy atom. The predicted octanol–water partition coefficient (Wildman–Crippen LogP) is 3.08. The Balaban J connectivity index is 2.07. The molecule has 5 nitrogen and oxygen atoms in total. The molecule has 1 aromatic carbocycles. The molecule has 0 spiro atoms. The van der Waals surface area contributed by atoms with Crippen LogP contribution in [0, 0.1) is 6.92 Å². The van der Waals surface area contributed by atoms with Crippen molar-refractivity contribution in [1.29, 1.82) is 0 Å².